The molecule has 0 aliphatic heterocycles. The lowest BCUT2D eigenvalue weighted by Gasteiger charge is -2.06. The van der Waals surface area contributed by atoms with Crippen LogP contribution in [-0.4, -0.2) is 10.8 Å². The molecule has 0 spiro atoms. The molecule has 0 aliphatic carbocycles. The predicted molar refractivity (Wildman–Crippen MR) is 63.9 cm³/mol. The van der Waals surface area contributed by atoms with Gasteiger partial charge in [0.05, 0.1) is 10.4 Å². The van der Waals surface area contributed by atoms with Gasteiger partial charge in [-0.2, -0.15) is 0 Å². The molecule has 17 heavy (non-hydrogen) atoms. The first-order valence-corrected chi connectivity index (χ1v) is 5.69. The van der Waals surface area contributed by atoms with Gasteiger partial charge in [-0.3, -0.25) is 10.4 Å². The van der Waals surface area contributed by atoms with Gasteiger partial charge in [0, 0.05) is 11.8 Å². The number of rotatable bonds is 4. The van der Waals surface area contributed by atoms with Crippen LogP contribution in [0.3, 0.4) is 0 Å². The number of thiazole rings is 1. The molecule has 2 rings (SSSR count). The summed E-state index contributed by atoms with van der Waals surface area (Å²) in [5.41, 5.74) is 7.28. The molecule has 88 valence electrons. The van der Waals surface area contributed by atoms with Gasteiger partial charge in [-0.15, -0.1) is 11.3 Å². The lowest BCUT2D eigenvalue weighted by Crippen LogP contribution is -2.11. The molecule has 4 nitrogen and oxygen atoms in total. The number of nitrogen functional groups attached to an aromatic ring is 1. The Balaban J connectivity index is 2.09. The largest absolute Gasteiger partial charge is 0.485 e. The molecular weight excluding hydrogens is 241 g/mol. The maximum atomic E-state index is 13.5. The third-order valence-corrected chi connectivity index (χ3v) is 2.85. The minimum atomic E-state index is -0.526. The van der Waals surface area contributed by atoms with Crippen LogP contribution in [0.2, 0.25) is 0 Å². The van der Waals surface area contributed by atoms with E-state index < -0.39 is 5.82 Å². The average Bonchev–Trinajstić information content (AvgIpc) is 2.80. The lowest BCUT2D eigenvalue weighted by atomic mass is 10.2. The fourth-order valence-corrected chi connectivity index (χ4v) is 1.75. The second-order valence-electron chi connectivity index (χ2n) is 3.32. The van der Waals surface area contributed by atoms with Crippen molar-refractivity contribution in [3.05, 3.63) is 46.2 Å². The summed E-state index contributed by atoms with van der Waals surface area (Å²) in [6.45, 7) is 0.279. The van der Waals surface area contributed by atoms with Crippen molar-refractivity contribution in [1.82, 2.24) is 4.98 Å². The van der Waals surface area contributed by atoms with Crippen LogP contribution in [0, 0.1) is 11.2 Å². The number of aromatic nitrogens is 1. The SMILES string of the molecule is N=C(N)c1ccc(OCc2cncs2)c(F)c1. The number of nitrogens with zero attached hydrogens (tertiary/aromatic N) is 1. The van der Waals surface area contributed by atoms with Gasteiger partial charge in [0.25, 0.3) is 0 Å². The van der Waals surface area contributed by atoms with Crippen molar-refractivity contribution in [1.29, 1.82) is 5.41 Å². The maximum absolute atomic E-state index is 13.5. The number of nitrogens with one attached hydrogen (secondary N) is 1. The number of hydrogen-bond donors (Lipinski definition) is 2. The van der Waals surface area contributed by atoms with Crippen molar-refractivity contribution in [2.45, 2.75) is 6.61 Å². The zero-order valence-electron chi connectivity index (χ0n) is 8.81. The molecular formula is C11H10FN3OS. The van der Waals surface area contributed by atoms with Crippen LogP contribution in [0.4, 0.5) is 4.39 Å². The minimum Gasteiger partial charge on any atom is -0.485 e. The molecule has 0 fully saturated rings. The van der Waals surface area contributed by atoms with E-state index in [2.05, 4.69) is 4.98 Å². The zero-order valence-corrected chi connectivity index (χ0v) is 9.63. The smallest absolute Gasteiger partial charge is 0.165 e. The molecule has 0 saturated carbocycles. The molecule has 0 atom stereocenters. The summed E-state index contributed by atoms with van der Waals surface area (Å²) in [5.74, 6) is -0.552. The van der Waals surface area contributed by atoms with E-state index in [0.717, 1.165) is 4.88 Å². The Morgan fingerprint density at radius 2 is 2.35 bits per heavy atom. The number of ether oxygens (including phenoxy) is 1. The Bertz CT molecular complexity index is 528. The third-order valence-electron chi connectivity index (χ3n) is 2.10. The van der Waals surface area contributed by atoms with Crippen LogP contribution in [0.1, 0.15) is 10.4 Å². The monoisotopic (exact) mass is 251 g/mol. The van der Waals surface area contributed by atoms with E-state index in [9.17, 15) is 4.39 Å². The van der Waals surface area contributed by atoms with Crippen LogP contribution in [-0.2, 0) is 6.61 Å². The number of amidine groups is 1. The van der Waals surface area contributed by atoms with Crippen molar-refractivity contribution in [2.24, 2.45) is 5.73 Å². The molecule has 2 aromatic rings. The van der Waals surface area contributed by atoms with Gasteiger partial charge in [-0.05, 0) is 18.2 Å². The fraction of sp³-hybridized carbons (Fsp3) is 0.0909. The topological polar surface area (TPSA) is 72.0 Å². The van der Waals surface area contributed by atoms with E-state index in [1.807, 2.05) is 0 Å². The van der Waals surface area contributed by atoms with Gasteiger partial charge >= 0.3 is 0 Å². The summed E-state index contributed by atoms with van der Waals surface area (Å²) in [6.07, 6.45) is 1.67. The maximum Gasteiger partial charge on any atom is 0.165 e. The first kappa shape index (κ1) is 11.5. The van der Waals surface area contributed by atoms with E-state index in [0.29, 0.717) is 5.56 Å². The average molecular weight is 251 g/mol. The molecule has 1 aromatic carbocycles. The van der Waals surface area contributed by atoms with Crippen molar-refractivity contribution in [3.63, 3.8) is 0 Å². The molecule has 3 N–H and O–H groups in total. The van der Waals surface area contributed by atoms with E-state index in [1.54, 1.807) is 17.8 Å². The van der Waals surface area contributed by atoms with Crippen LogP contribution in [0.5, 0.6) is 5.75 Å². The van der Waals surface area contributed by atoms with Gasteiger partial charge in [0.15, 0.2) is 11.6 Å². The molecule has 0 unspecified atom stereocenters. The summed E-state index contributed by atoms with van der Waals surface area (Å²) < 4.78 is 18.8. The predicted octanol–water partition coefficient (Wildman–Crippen LogP) is 2.15. The van der Waals surface area contributed by atoms with Crippen LogP contribution in [0.25, 0.3) is 0 Å². The Labute approximate surface area is 101 Å². The molecule has 0 aliphatic rings. The van der Waals surface area contributed by atoms with E-state index in [-0.39, 0.29) is 18.2 Å². The van der Waals surface area contributed by atoms with E-state index >= 15 is 0 Å². The summed E-state index contributed by atoms with van der Waals surface area (Å²) in [6, 6.07) is 4.20. The molecule has 1 heterocycles. The van der Waals surface area contributed by atoms with Crippen molar-refractivity contribution in [2.75, 3.05) is 0 Å². The lowest BCUT2D eigenvalue weighted by molar-refractivity contribution is 0.293. The second kappa shape index (κ2) is 4.92. The molecule has 6 heteroatoms. The summed E-state index contributed by atoms with van der Waals surface area (Å²) in [5, 5.41) is 7.18. The van der Waals surface area contributed by atoms with Crippen LogP contribution in [0.15, 0.2) is 29.9 Å². The van der Waals surface area contributed by atoms with Gasteiger partial charge in [0.2, 0.25) is 0 Å². The Morgan fingerprint density at radius 1 is 1.53 bits per heavy atom. The minimum absolute atomic E-state index is 0.142. The van der Waals surface area contributed by atoms with Gasteiger partial charge < -0.3 is 10.5 Å². The second-order valence-corrected chi connectivity index (χ2v) is 4.29. The van der Waals surface area contributed by atoms with Crippen molar-refractivity contribution >= 4 is 17.2 Å². The van der Waals surface area contributed by atoms with Crippen molar-refractivity contribution in [3.8, 4) is 5.75 Å². The molecule has 0 radical (unpaired) electrons. The van der Waals surface area contributed by atoms with Crippen molar-refractivity contribution < 1.29 is 9.13 Å². The van der Waals surface area contributed by atoms with Crippen LogP contribution < -0.4 is 10.5 Å². The standard InChI is InChI=1S/C11H10FN3OS/c12-9-3-7(11(13)14)1-2-10(9)16-5-8-4-15-6-17-8/h1-4,6H,5H2,(H3,13,14). The first-order valence-electron chi connectivity index (χ1n) is 4.81. The first-order chi connectivity index (χ1) is 8.16. The van der Waals surface area contributed by atoms with E-state index in [1.165, 1.54) is 23.5 Å². The highest BCUT2D eigenvalue weighted by atomic mass is 32.1. The van der Waals surface area contributed by atoms with Gasteiger partial charge in [0.1, 0.15) is 12.4 Å². The molecule has 0 bridgehead atoms. The number of hydrogen-bond acceptors (Lipinski definition) is 4. The summed E-state index contributed by atoms with van der Waals surface area (Å²) in [4.78, 5) is 4.81. The Kier molecular flexibility index (Phi) is 3.34. The number of halogens is 1. The molecule has 1 aromatic heterocycles. The zero-order chi connectivity index (χ0) is 12.3. The molecule has 0 amide bonds. The third kappa shape index (κ3) is 2.79. The van der Waals surface area contributed by atoms with E-state index in [4.69, 9.17) is 15.9 Å². The quantitative estimate of drug-likeness (QED) is 0.646. The fourth-order valence-electron chi connectivity index (χ4n) is 1.25. The summed E-state index contributed by atoms with van der Waals surface area (Å²) in [7, 11) is 0. The normalized spacial score (nSPS) is 10.2. The Hall–Kier alpha value is -1.95. The van der Waals surface area contributed by atoms with Gasteiger partial charge in [-0.1, -0.05) is 0 Å². The Morgan fingerprint density at radius 3 is 2.94 bits per heavy atom. The molecule has 0 saturated heterocycles. The highest BCUT2D eigenvalue weighted by Gasteiger charge is 2.07. The summed E-state index contributed by atoms with van der Waals surface area (Å²) >= 11 is 1.44. The number of nitrogens with two attached hydrogens (primary N) is 1. The number of benzene rings is 1. The van der Waals surface area contributed by atoms with Crippen LogP contribution >= 0.6 is 11.3 Å². The highest BCUT2D eigenvalue weighted by Crippen LogP contribution is 2.20. The van der Waals surface area contributed by atoms with Gasteiger partial charge in [-0.25, -0.2) is 4.39 Å². The highest BCUT2D eigenvalue weighted by molar-refractivity contribution is 7.09.